The number of anilines is 1. The Hall–Kier alpha value is -1.36. The minimum Gasteiger partial charge on any atom is -0.354 e. The van der Waals surface area contributed by atoms with Crippen LogP contribution in [0.5, 0.6) is 0 Å². The summed E-state index contributed by atoms with van der Waals surface area (Å²) in [6.07, 6.45) is 1.46. The van der Waals surface area contributed by atoms with E-state index in [1.165, 1.54) is 6.33 Å². The van der Waals surface area contributed by atoms with E-state index in [1.807, 2.05) is 0 Å². The number of hydrogen-bond donors (Lipinski definition) is 1. The van der Waals surface area contributed by atoms with Crippen molar-refractivity contribution in [1.82, 2.24) is 14.9 Å². The molecule has 1 N–H and O–H groups in total. The van der Waals surface area contributed by atoms with Gasteiger partial charge >= 0.3 is 0 Å². The topological polar surface area (TPSA) is 52.2 Å². The van der Waals surface area contributed by atoms with Crippen LogP contribution in [0.15, 0.2) is 17.2 Å². The normalized spacial score (nSPS) is 23.1. The van der Waals surface area contributed by atoms with Gasteiger partial charge in [-0.05, 0) is 14.0 Å². The van der Waals surface area contributed by atoms with Crippen molar-refractivity contribution in [3.05, 3.63) is 22.7 Å². The summed E-state index contributed by atoms with van der Waals surface area (Å²) in [6.45, 7) is 5.04. The van der Waals surface area contributed by atoms with Crippen LogP contribution in [0.25, 0.3) is 0 Å². The van der Waals surface area contributed by atoms with Gasteiger partial charge in [-0.25, -0.2) is 4.98 Å². The van der Waals surface area contributed by atoms with E-state index in [9.17, 15) is 4.79 Å². The third-order valence-electron chi connectivity index (χ3n) is 2.95. The molecule has 1 fully saturated rings. The minimum atomic E-state index is -0.0911. The first-order chi connectivity index (χ1) is 7.16. The van der Waals surface area contributed by atoms with Gasteiger partial charge in [-0.2, -0.15) is 0 Å². The van der Waals surface area contributed by atoms with Crippen molar-refractivity contribution in [2.24, 2.45) is 0 Å². The molecule has 1 aliphatic heterocycles. The fourth-order valence-electron chi connectivity index (χ4n) is 1.79. The average molecular weight is 208 g/mol. The lowest BCUT2D eigenvalue weighted by Gasteiger charge is -2.38. The molecule has 5 heteroatoms. The lowest BCUT2D eigenvalue weighted by atomic mass is 10.2. The largest absolute Gasteiger partial charge is 0.354 e. The van der Waals surface area contributed by atoms with E-state index in [-0.39, 0.29) is 5.56 Å². The van der Waals surface area contributed by atoms with E-state index in [4.69, 9.17) is 0 Å². The summed E-state index contributed by atoms with van der Waals surface area (Å²) in [5.41, 5.74) is -0.0911. The molecule has 0 spiro atoms. The SMILES string of the molecule is CC1CN(c2cc(=O)[nH]cn2)CCN1C. The summed E-state index contributed by atoms with van der Waals surface area (Å²) in [7, 11) is 2.12. The lowest BCUT2D eigenvalue weighted by molar-refractivity contribution is 0.233. The molecule has 1 atom stereocenters. The Morgan fingerprint density at radius 1 is 1.53 bits per heavy atom. The summed E-state index contributed by atoms with van der Waals surface area (Å²) in [5.74, 6) is 0.777. The zero-order valence-corrected chi connectivity index (χ0v) is 9.10. The van der Waals surface area contributed by atoms with Gasteiger partial charge in [-0.1, -0.05) is 0 Å². The number of hydrogen-bond acceptors (Lipinski definition) is 4. The Kier molecular flexibility index (Phi) is 2.73. The molecule has 0 saturated carbocycles. The molecule has 0 aromatic carbocycles. The Morgan fingerprint density at radius 3 is 3.00 bits per heavy atom. The molecule has 0 radical (unpaired) electrons. The maximum Gasteiger partial charge on any atom is 0.252 e. The van der Waals surface area contributed by atoms with Crippen LogP contribution in [0.4, 0.5) is 5.82 Å². The summed E-state index contributed by atoms with van der Waals surface area (Å²) >= 11 is 0. The molecule has 15 heavy (non-hydrogen) atoms. The van der Waals surface area contributed by atoms with Gasteiger partial charge in [0, 0.05) is 31.7 Å². The standard InChI is InChI=1S/C10H16N4O/c1-8-6-14(4-3-13(8)2)9-5-10(15)12-7-11-9/h5,7-8H,3-4,6H2,1-2H3,(H,11,12,15). The third kappa shape index (κ3) is 2.18. The first-order valence-electron chi connectivity index (χ1n) is 5.17. The molecular formula is C10H16N4O. The molecule has 1 aromatic rings. The molecule has 5 nitrogen and oxygen atoms in total. The van der Waals surface area contributed by atoms with Gasteiger partial charge in [0.2, 0.25) is 0 Å². The Bertz CT molecular complexity index is 389. The van der Waals surface area contributed by atoms with E-state index in [1.54, 1.807) is 6.07 Å². The summed E-state index contributed by atoms with van der Waals surface area (Å²) in [6, 6.07) is 2.05. The number of nitrogens with zero attached hydrogens (tertiary/aromatic N) is 3. The quantitative estimate of drug-likeness (QED) is 0.701. The van der Waals surface area contributed by atoms with E-state index in [0.29, 0.717) is 6.04 Å². The van der Waals surface area contributed by atoms with Gasteiger partial charge in [-0.3, -0.25) is 4.79 Å². The van der Waals surface area contributed by atoms with Crippen LogP contribution >= 0.6 is 0 Å². The highest BCUT2D eigenvalue weighted by molar-refractivity contribution is 5.37. The minimum absolute atomic E-state index is 0.0911. The molecule has 2 heterocycles. The van der Waals surface area contributed by atoms with E-state index in [2.05, 4.69) is 33.7 Å². The van der Waals surface area contributed by atoms with Crippen LogP contribution in [0.2, 0.25) is 0 Å². The van der Waals surface area contributed by atoms with Gasteiger partial charge in [-0.15, -0.1) is 0 Å². The first-order valence-corrected chi connectivity index (χ1v) is 5.17. The van der Waals surface area contributed by atoms with Crippen molar-refractivity contribution in [3.63, 3.8) is 0 Å². The fraction of sp³-hybridized carbons (Fsp3) is 0.600. The third-order valence-corrected chi connectivity index (χ3v) is 2.95. The number of nitrogens with one attached hydrogen (secondary N) is 1. The van der Waals surface area contributed by atoms with Crippen molar-refractivity contribution in [1.29, 1.82) is 0 Å². The zero-order chi connectivity index (χ0) is 10.8. The van der Waals surface area contributed by atoms with Crippen LogP contribution in [-0.2, 0) is 0 Å². The summed E-state index contributed by atoms with van der Waals surface area (Å²) < 4.78 is 0. The number of piperazine rings is 1. The van der Waals surface area contributed by atoms with Crippen molar-refractivity contribution < 1.29 is 0 Å². The van der Waals surface area contributed by atoms with Crippen LogP contribution in [-0.4, -0.2) is 47.6 Å². The molecule has 2 rings (SSSR count). The predicted molar refractivity (Wildman–Crippen MR) is 59.2 cm³/mol. The monoisotopic (exact) mass is 208 g/mol. The number of aromatic nitrogens is 2. The molecule has 1 aromatic heterocycles. The van der Waals surface area contributed by atoms with E-state index >= 15 is 0 Å². The first kappa shape index (κ1) is 10.2. The molecule has 0 amide bonds. The van der Waals surface area contributed by atoms with E-state index < -0.39 is 0 Å². The Labute approximate surface area is 88.7 Å². The Balaban J connectivity index is 2.15. The number of aromatic amines is 1. The number of rotatable bonds is 1. The van der Waals surface area contributed by atoms with Crippen molar-refractivity contribution >= 4 is 5.82 Å². The van der Waals surface area contributed by atoms with Crippen LogP contribution in [0.1, 0.15) is 6.92 Å². The van der Waals surface area contributed by atoms with Crippen LogP contribution in [0.3, 0.4) is 0 Å². The molecular weight excluding hydrogens is 192 g/mol. The lowest BCUT2D eigenvalue weighted by Crippen LogP contribution is -2.50. The number of H-pyrrole nitrogens is 1. The average Bonchev–Trinajstić information content (AvgIpc) is 2.22. The molecule has 1 saturated heterocycles. The second-order valence-corrected chi connectivity index (χ2v) is 4.04. The fourth-order valence-corrected chi connectivity index (χ4v) is 1.79. The summed E-state index contributed by atoms with van der Waals surface area (Å²) in [4.78, 5) is 22.3. The van der Waals surface area contributed by atoms with E-state index in [0.717, 1.165) is 25.5 Å². The second-order valence-electron chi connectivity index (χ2n) is 4.04. The van der Waals surface area contributed by atoms with Gasteiger partial charge in [0.05, 0.1) is 6.33 Å². The highest BCUT2D eigenvalue weighted by Crippen LogP contribution is 2.13. The van der Waals surface area contributed by atoms with Crippen molar-refractivity contribution in [3.8, 4) is 0 Å². The van der Waals surface area contributed by atoms with Gasteiger partial charge in [0.1, 0.15) is 5.82 Å². The predicted octanol–water partition coefficient (Wildman–Crippen LogP) is -0.0898. The molecule has 1 unspecified atom stereocenters. The van der Waals surface area contributed by atoms with Crippen molar-refractivity contribution in [2.75, 3.05) is 31.6 Å². The zero-order valence-electron chi connectivity index (χ0n) is 9.10. The van der Waals surface area contributed by atoms with Gasteiger partial charge < -0.3 is 14.8 Å². The van der Waals surface area contributed by atoms with Crippen molar-refractivity contribution in [2.45, 2.75) is 13.0 Å². The molecule has 82 valence electrons. The molecule has 0 bridgehead atoms. The molecule has 1 aliphatic rings. The number of likely N-dealkylation sites (N-methyl/N-ethyl adjacent to an activating group) is 1. The highest BCUT2D eigenvalue weighted by Gasteiger charge is 2.21. The summed E-state index contributed by atoms with van der Waals surface area (Å²) in [5, 5.41) is 0. The smallest absolute Gasteiger partial charge is 0.252 e. The highest BCUT2D eigenvalue weighted by atomic mass is 16.1. The maximum absolute atomic E-state index is 11.1. The Morgan fingerprint density at radius 2 is 2.33 bits per heavy atom. The van der Waals surface area contributed by atoms with Crippen LogP contribution in [0, 0.1) is 0 Å². The van der Waals surface area contributed by atoms with Gasteiger partial charge in [0.15, 0.2) is 0 Å². The molecule has 0 aliphatic carbocycles. The maximum atomic E-state index is 11.1. The van der Waals surface area contributed by atoms with Gasteiger partial charge in [0.25, 0.3) is 5.56 Å². The van der Waals surface area contributed by atoms with Crippen LogP contribution < -0.4 is 10.5 Å². The second kappa shape index (κ2) is 4.02.